The van der Waals surface area contributed by atoms with E-state index in [1.165, 1.54) is 6.07 Å². The van der Waals surface area contributed by atoms with Gasteiger partial charge in [0.25, 0.3) is 5.91 Å². The van der Waals surface area contributed by atoms with E-state index in [1.54, 1.807) is 12.1 Å². The molecule has 5 heteroatoms. The van der Waals surface area contributed by atoms with Crippen molar-refractivity contribution in [2.75, 3.05) is 12.4 Å². The summed E-state index contributed by atoms with van der Waals surface area (Å²) in [5.41, 5.74) is 0.353. The molecule has 3 nitrogen and oxygen atoms in total. The third kappa shape index (κ3) is 2.81. The molecular weight excluding hydrogens is 318 g/mol. The summed E-state index contributed by atoms with van der Waals surface area (Å²) in [6.07, 6.45) is 2.80. The Balaban J connectivity index is 2.22. The summed E-state index contributed by atoms with van der Waals surface area (Å²) in [7, 11) is 0. The topological polar surface area (TPSA) is 40.5 Å². The molecule has 1 aliphatic rings. The maximum atomic E-state index is 12.4. The zero-order chi connectivity index (χ0) is 13.1. The SMILES string of the molecule is O=C(c1cc(Br)ccc1O)N1CCCC1CCCl. The Morgan fingerprint density at radius 1 is 1.56 bits per heavy atom. The lowest BCUT2D eigenvalue weighted by Gasteiger charge is -2.24. The Bertz CT molecular complexity index is 453. The van der Waals surface area contributed by atoms with Crippen LogP contribution in [0.15, 0.2) is 22.7 Å². The number of benzene rings is 1. The molecule has 0 saturated carbocycles. The molecule has 1 aliphatic heterocycles. The van der Waals surface area contributed by atoms with Crippen LogP contribution in [0.2, 0.25) is 0 Å². The van der Waals surface area contributed by atoms with E-state index in [1.807, 2.05) is 4.90 Å². The average molecular weight is 333 g/mol. The van der Waals surface area contributed by atoms with Crippen molar-refractivity contribution in [1.29, 1.82) is 0 Å². The van der Waals surface area contributed by atoms with Crippen molar-refractivity contribution in [3.8, 4) is 5.75 Å². The van der Waals surface area contributed by atoms with Crippen LogP contribution in [0.25, 0.3) is 0 Å². The predicted molar refractivity (Wildman–Crippen MR) is 75.2 cm³/mol. The second kappa shape index (κ2) is 5.93. The first-order valence-electron chi connectivity index (χ1n) is 5.99. The molecule has 1 aromatic rings. The molecule has 0 aliphatic carbocycles. The summed E-state index contributed by atoms with van der Waals surface area (Å²) >= 11 is 9.08. The number of halogens is 2. The second-order valence-corrected chi connectivity index (χ2v) is 5.73. The first kappa shape index (κ1) is 13.7. The highest BCUT2D eigenvalue weighted by atomic mass is 79.9. The number of phenolic OH excluding ortho intramolecular Hbond substituents is 1. The highest BCUT2D eigenvalue weighted by Crippen LogP contribution is 2.28. The number of nitrogens with zero attached hydrogens (tertiary/aromatic N) is 1. The fourth-order valence-electron chi connectivity index (χ4n) is 2.36. The van der Waals surface area contributed by atoms with E-state index in [4.69, 9.17) is 11.6 Å². The molecule has 1 N–H and O–H groups in total. The molecule has 1 saturated heterocycles. The van der Waals surface area contributed by atoms with Crippen LogP contribution >= 0.6 is 27.5 Å². The number of likely N-dealkylation sites (tertiary alicyclic amines) is 1. The van der Waals surface area contributed by atoms with Gasteiger partial charge in [-0.05, 0) is 37.5 Å². The van der Waals surface area contributed by atoms with Gasteiger partial charge in [-0.1, -0.05) is 15.9 Å². The van der Waals surface area contributed by atoms with Crippen molar-refractivity contribution in [2.24, 2.45) is 0 Å². The maximum Gasteiger partial charge on any atom is 0.257 e. The van der Waals surface area contributed by atoms with E-state index in [0.717, 1.165) is 30.3 Å². The summed E-state index contributed by atoms with van der Waals surface area (Å²) in [6.45, 7) is 0.742. The highest BCUT2D eigenvalue weighted by molar-refractivity contribution is 9.10. The van der Waals surface area contributed by atoms with Gasteiger partial charge < -0.3 is 10.0 Å². The van der Waals surface area contributed by atoms with Gasteiger partial charge in [-0.2, -0.15) is 0 Å². The third-order valence-corrected chi connectivity index (χ3v) is 3.98. The van der Waals surface area contributed by atoms with Gasteiger partial charge in [-0.3, -0.25) is 4.79 Å². The molecule has 1 unspecified atom stereocenters. The highest BCUT2D eigenvalue weighted by Gasteiger charge is 2.30. The molecule has 2 rings (SSSR count). The molecule has 0 aromatic heterocycles. The minimum Gasteiger partial charge on any atom is -0.507 e. The van der Waals surface area contributed by atoms with Gasteiger partial charge in [0.1, 0.15) is 5.75 Å². The number of alkyl halides is 1. The van der Waals surface area contributed by atoms with Crippen molar-refractivity contribution in [3.63, 3.8) is 0 Å². The Morgan fingerprint density at radius 2 is 2.33 bits per heavy atom. The molecule has 1 aromatic carbocycles. The van der Waals surface area contributed by atoms with Crippen molar-refractivity contribution < 1.29 is 9.90 Å². The largest absolute Gasteiger partial charge is 0.507 e. The van der Waals surface area contributed by atoms with E-state index < -0.39 is 0 Å². The van der Waals surface area contributed by atoms with Crippen LogP contribution in [0.4, 0.5) is 0 Å². The summed E-state index contributed by atoms with van der Waals surface area (Å²) in [4.78, 5) is 14.2. The zero-order valence-electron chi connectivity index (χ0n) is 9.90. The quantitative estimate of drug-likeness (QED) is 0.862. The lowest BCUT2D eigenvalue weighted by molar-refractivity contribution is 0.0731. The molecular formula is C13H15BrClNO2. The molecule has 1 atom stereocenters. The van der Waals surface area contributed by atoms with Crippen molar-refractivity contribution in [3.05, 3.63) is 28.2 Å². The molecule has 0 bridgehead atoms. The first-order chi connectivity index (χ1) is 8.63. The Labute approximate surface area is 120 Å². The van der Waals surface area contributed by atoms with E-state index in [0.29, 0.717) is 11.4 Å². The van der Waals surface area contributed by atoms with E-state index in [-0.39, 0.29) is 17.7 Å². The Kier molecular flexibility index (Phi) is 4.51. The number of hydrogen-bond donors (Lipinski definition) is 1. The molecule has 1 amide bonds. The number of phenols is 1. The van der Waals surface area contributed by atoms with Crippen LogP contribution in [0.5, 0.6) is 5.75 Å². The number of hydrogen-bond acceptors (Lipinski definition) is 2. The zero-order valence-corrected chi connectivity index (χ0v) is 12.2. The standard InChI is InChI=1S/C13H15BrClNO2/c14-9-3-4-12(17)11(8-9)13(18)16-7-1-2-10(16)5-6-15/h3-4,8,10,17H,1-2,5-7H2. The van der Waals surface area contributed by atoms with Gasteiger partial charge in [-0.25, -0.2) is 0 Å². The van der Waals surface area contributed by atoms with Gasteiger partial charge in [0, 0.05) is 22.9 Å². The van der Waals surface area contributed by atoms with Crippen molar-refractivity contribution in [1.82, 2.24) is 4.90 Å². The van der Waals surface area contributed by atoms with Gasteiger partial charge in [-0.15, -0.1) is 11.6 Å². The van der Waals surface area contributed by atoms with Crippen LogP contribution in [0.1, 0.15) is 29.6 Å². The summed E-state index contributed by atoms with van der Waals surface area (Å²) in [6, 6.07) is 5.11. The van der Waals surface area contributed by atoms with Crippen LogP contribution in [-0.2, 0) is 0 Å². The van der Waals surface area contributed by atoms with E-state index >= 15 is 0 Å². The second-order valence-electron chi connectivity index (χ2n) is 4.43. The number of carbonyl (C=O) groups is 1. The lowest BCUT2D eigenvalue weighted by Crippen LogP contribution is -2.35. The molecule has 18 heavy (non-hydrogen) atoms. The number of aromatic hydroxyl groups is 1. The molecule has 1 fully saturated rings. The van der Waals surface area contributed by atoms with Crippen molar-refractivity contribution in [2.45, 2.75) is 25.3 Å². The summed E-state index contributed by atoms with van der Waals surface area (Å²) in [5, 5.41) is 9.79. The monoisotopic (exact) mass is 331 g/mol. The van der Waals surface area contributed by atoms with Gasteiger partial charge in [0.2, 0.25) is 0 Å². The van der Waals surface area contributed by atoms with E-state index in [9.17, 15) is 9.90 Å². The molecule has 98 valence electrons. The molecule has 0 spiro atoms. The Hall–Kier alpha value is -0.740. The minimum atomic E-state index is -0.110. The smallest absolute Gasteiger partial charge is 0.257 e. The van der Waals surface area contributed by atoms with Crippen LogP contribution in [-0.4, -0.2) is 34.4 Å². The summed E-state index contributed by atoms with van der Waals surface area (Å²) in [5.74, 6) is 0.472. The number of carbonyl (C=O) groups excluding carboxylic acids is 1. The van der Waals surface area contributed by atoms with Gasteiger partial charge in [0.15, 0.2) is 0 Å². The molecule has 1 heterocycles. The maximum absolute atomic E-state index is 12.4. The normalized spacial score (nSPS) is 19.2. The molecule has 0 radical (unpaired) electrons. The average Bonchev–Trinajstić information content (AvgIpc) is 2.80. The Morgan fingerprint density at radius 3 is 3.06 bits per heavy atom. The minimum absolute atomic E-state index is 0.0275. The first-order valence-corrected chi connectivity index (χ1v) is 7.31. The third-order valence-electron chi connectivity index (χ3n) is 3.27. The van der Waals surface area contributed by atoms with Gasteiger partial charge >= 0.3 is 0 Å². The van der Waals surface area contributed by atoms with Crippen LogP contribution in [0, 0.1) is 0 Å². The van der Waals surface area contributed by atoms with Crippen LogP contribution < -0.4 is 0 Å². The van der Waals surface area contributed by atoms with Gasteiger partial charge in [0.05, 0.1) is 5.56 Å². The summed E-state index contributed by atoms with van der Waals surface area (Å²) < 4.78 is 0.789. The predicted octanol–water partition coefficient (Wildman–Crippen LogP) is 3.39. The fraction of sp³-hybridized carbons (Fsp3) is 0.462. The fourth-order valence-corrected chi connectivity index (χ4v) is 2.98. The lowest BCUT2D eigenvalue weighted by atomic mass is 10.1. The van der Waals surface area contributed by atoms with Crippen LogP contribution in [0.3, 0.4) is 0 Å². The number of rotatable bonds is 3. The number of amides is 1. The van der Waals surface area contributed by atoms with Crippen molar-refractivity contribution >= 4 is 33.4 Å². The van der Waals surface area contributed by atoms with E-state index in [2.05, 4.69) is 15.9 Å².